The summed E-state index contributed by atoms with van der Waals surface area (Å²) < 4.78 is 0. The van der Waals surface area contributed by atoms with Crippen molar-refractivity contribution in [1.82, 2.24) is 0 Å². The largest absolute Gasteiger partial charge is 0.370 e. The zero-order valence-corrected chi connectivity index (χ0v) is 11.3. The van der Waals surface area contributed by atoms with Gasteiger partial charge in [-0.05, 0) is 31.0 Å². The number of carbonyl (C=O) groups excluding carboxylic acids is 1. The minimum absolute atomic E-state index is 0.0157. The Kier molecular flexibility index (Phi) is 3.88. The second kappa shape index (κ2) is 5.60. The van der Waals surface area contributed by atoms with E-state index in [1.165, 1.54) is 0 Å². The number of carbonyl (C=O) groups is 1. The van der Waals surface area contributed by atoms with Gasteiger partial charge in [-0.25, -0.2) is 4.99 Å². The van der Waals surface area contributed by atoms with Crippen molar-refractivity contribution in [3.8, 4) is 0 Å². The number of nitrogens with two attached hydrogens (primary N) is 3. The second-order valence-corrected chi connectivity index (χ2v) is 4.63. The average Bonchev–Trinajstić information content (AvgIpc) is 2.77. The molecule has 20 heavy (non-hydrogen) atoms. The van der Waals surface area contributed by atoms with Crippen LogP contribution in [0, 0.1) is 6.92 Å². The number of amides is 1. The molecule has 1 aliphatic heterocycles. The summed E-state index contributed by atoms with van der Waals surface area (Å²) in [7, 11) is 0. The molecule has 0 spiro atoms. The number of benzene rings is 1. The van der Waals surface area contributed by atoms with Crippen LogP contribution in [-0.2, 0) is 4.79 Å². The Labute approximate surface area is 117 Å². The molecule has 0 aromatic heterocycles. The van der Waals surface area contributed by atoms with Gasteiger partial charge in [0.25, 0.3) is 0 Å². The fraction of sp³-hybridized carbons (Fsp3) is 0.308. The summed E-state index contributed by atoms with van der Waals surface area (Å²) in [6.07, 6.45) is 1.46. The molecule has 6 N–H and O–H groups in total. The molecule has 0 bridgehead atoms. The van der Waals surface area contributed by atoms with Gasteiger partial charge in [0.1, 0.15) is 0 Å². The number of rotatable bonds is 2. The van der Waals surface area contributed by atoms with Crippen LogP contribution in [0.1, 0.15) is 18.4 Å². The number of hydrogen-bond acceptors (Lipinski definition) is 2. The highest BCUT2D eigenvalue weighted by molar-refractivity contribution is 5.96. The molecule has 1 aromatic carbocycles. The average molecular weight is 274 g/mol. The molecule has 0 aliphatic carbocycles. The van der Waals surface area contributed by atoms with E-state index in [0.717, 1.165) is 24.2 Å². The molecule has 1 aliphatic rings. The van der Waals surface area contributed by atoms with Crippen molar-refractivity contribution in [2.75, 3.05) is 11.4 Å². The van der Waals surface area contributed by atoms with Crippen LogP contribution in [0.5, 0.6) is 0 Å². The molecule has 0 saturated carbocycles. The van der Waals surface area contributed by atoms with Crippen molar-refractivity contribution in [3.63, 3.8) is 0 Å². The highest BCUT2D eigenvalue weighted by Gasteiger charge is 2.21. The lowest BCUT2D eigenvalue weighted by molar-refractivity contribution is -0.117. The van der Waals surface area contributed by atoms with Gasteiger partial charge in [-0.15, -0.1) is 0 Å². The molecular formula is C13H18N6O. The van der Waals surface area contributed by atoms with Gasteiger partial charge in [0.05, 0.1) is 5.69 Å². The van der Waals surface area contributed by atoms with Gasteiger partial charge in [-0.1, -0.05) is 6.07 Å². The van der Waals surface area contributed by atoms with Gasteiger partial charge in [0, 0.05) is 18.7 Å². The maximum absolute atomic E-state index is 11.7. The Balaban J connectivity index is 2.34. The van der Waals surface area contributed by atoms with Crippen molar-refractivity contribution in [2.45, 2.75) is 19.8 Å². The van der Waals surface area contributed by atoms with Gasteiger partial charge in [-0.2, -0.15) is 4.99 Å². The quantitative estimate of drug-likeness (QED) is 0.531. The summed E-state index contributed by atoms with van der Waals surface area (Å²) >= 11 is 0. The molecule has 1 fully saturated rings. The topological polar surface area (TPSA) is 123 Å². The fourth-order valence-corrected chi connectivity index (χ4v) is 2.09. The number of nitrogens with zero attached hydrogens (tertiary/aromatic N) is 3. The Bertz CT molecular complexity index is 589. The van der Waals surface area contributed by atoms with E-state index >= 15 is 0 Å². The van der Waals surface area contributed by atoms with E-state index in [1.807, 2.05) is 25.1 Å². The van der Waals surface area contributed by atoms with Gasteiger partial charge in [0.15, 0.2) is 5.96 Å². The number of anilines is 1. The standard InChI is InChI=1S/C13H18N6O/c1-8-4-5-9(19-6-2-3-11(19)20)7-10(8)17-13(16)18-12(14)15/h4-5,7H,2-3,6H2,1H3,(H6,14,15,16,17,18). The maximum atomic E-state index is 11.7. The highest BCUT2D eigenvalue weighted by Crippen LogP contribution is 2.28. The number of hydrogen-bond donors (Lipinski definition) is 3. The van der Waals surface area contributed by atoms with Crippen molar-refractivity contribution >= 4 is 29.2 Å². The smallest absolute Gasteiger partial charge is 0.227 e. The Morgan fingerprint density at radius 2 is 2.05 bits per heavy atom. The number of aryl methyl sites for hydroxylation is 1. The first-order valence-electron chi connectivity index (χ1n) is 6.32. The van der Waals surface area contributed by atoms with E-state index in [4.69, 9.17) is 17.2 Å². The fourth-order valence-electron chi connectivity index (χ4n) is 2.09. The van der Waals surface area contributed by atoms with E-state index in [9.17, 15) is 4.79 Å². The molecule has 2 rings (SSSR count). The second-order valence-electron chi connectivity index (χ2n) is 4.63. The highest BCUT2D eigenvalue weighted by atomic mass is 16.2. The number of aliphatic imine (C=N–C) groups is 2. The molecule has 7 heteroatoms. The summed E-state index contributed by atoms with van der Waals surface area (Å²) in [5, 5.41) is 0. The lowest BCUT2D eigenvalue weighted by Crippen LogP contribution is -2.26. The van der Waals surface area contributed by atoms with E-state index in [0.29, 0.717) is 12.1 Å². The Morgan fingerprint density at radius 1 is 1.30 bits per heavy atom. The molecule has 1 saturated heterocycles. The molecule has 7 nitrogen and oxygen atoms in total. The van der Waals surface area contributed by atoms with Gasteiger partial charge in [0.2, 0.25) is 11.9 Å². The zero-order valence-electron chi connectivity index (χ0n) is 11.3. The third-order valence-corrected chi connectivity index (χ3v) is 3.06. The molecule has 1 heterocycles. The third-order valence-electron chi connectivity index (χ3n) is 3.06. The predicted octanol–water partition coefficient (Wildman–Crippen LogP) is 0.341. The molecule has 0 atom stereocenters. The summed E-state index contributed by atoms with van der Waals surface area (Å²) in [5.41, 5.74) is 18.5. The molecule has 0 radical (unpaired) electrons. The predicted molar refractivity (Wildman–Crippen MR) is 79.9 cm³/mol. The Morgan fingerprint density at radius 3 is 2.65 bits per heavy atom. The van der Waals surface area contributed by atoms with Crippen LogP contribution in [0.25, 0.3) is 0 Å². The Hall–Kier alpha value is -2.57. The van der Waals surface area contributed by atoms with E-state index in [2.05, 4.69) is 9.98 Å². The van der Waals surface area contributed by atoms with Crippen LogP contribution in [0.3, 0.4) is 0 Å². The lowest BCUT2D eigenvalue weighted by Gasteiger charge is -2.16. The van der Waals surface area contributed by atoms with Crippen molar-refractivity contribution in [1.29, 1.82) is 0 Å². The van der Waals surface area contributed by atoms with Gasteiger partial charge in [-0.3, -0.25) is 4.79 Å². The molecule has 0 unspecified atom stereocenters. The van der Waals surface area contributed by atoms with Crippen molar-refractivity contribution < 1.29 is 4.79 Å². The SMILES string of the molecule is Cc1ccc(N2CCCC2=O)cc1N=C(N)N=C(N)N. The van der Waals surface area contributed by atoms with E-state index < -0.39 is 0 Å². The van der Waals surface area contributed by atoms with Crippen LogP contribution >= 0.6 is 0 Å². The summed E-state index contributed by atoms with van der Waals surface area (Å²) in [4.78, 5) is 21.3. The third kappa shape index (κ3) is 3.05. The van der Waals surface area contributed by atoms with Crippen molar-refractivity contribution in [2.24, 2.45) is 27.2 Å². The number of guanidine groups is 2. The maximum Gasteiger partial charge on any atom is 0.227 e. The summed E-state index contributed by atoms with van der Waals surface area (Å²) in [6, 6.07) is 5.60. The van der Waals surface area contributed by atoms with Crippen LogP contribution in [0.15, 0.2) is 28.2 Å². The summed E-state index contributed by atoms with van der Waals surface area (Å²) in [6.45, 7) is 2.63. The molecular weight excluding hydrogens is 256 g/mol. The van der Waals surface area contributed by atoms with Crippen LogP contribution in [0.2, 0.25) is 0 Å². The summed E-state index contributed by atoms with van der Waals surface area (Å²) in [5.74, 6) is -0.0336. The first kappa shape index (κ1) is 13.9. The monoisotopic (exact) mass is 274 g/mol. The van der Waals surface area contributed by atoms with Crippen LogP contribution in [-0.4, -0.2) is 24.4 Å². The first-order chi connectivity index (χ1) is 9.47. The lowest BCUT2D eigenvalue weighted by atomic mass is 10.1. The normalized spacial score (nSPS) is 15.6. The molecule has 1 aromatic rings. The van der Waals surface area contributed by atoms with Crippen LogP contribution in [0.4, 0.5) is 11.4 Å². The zero-order chi connectivity index (χ0) is 14.7. The molecule has 106 valence electrons. The first-order valence-corrected chi connectivity index (χ1v) is 6.32. The van der Waals surface area contributed by atoms with E-state index in [-0.39, 0.29) is 17.8 Å². The van der Waals surface area contributed by atoms with Gasteiger partial charge < -0.3 is 22.1 Å². The minimum atomic E-state index is -0.144. The van der Waals surface area contributed by atoms with Crippen LogP contribution < -0.4 is 22.1 Å². The van der Waals surface area contributed by atoms with Crippen molar-refractivity contribution in [3.05, 3.63) is 23.8 Å². The molecule has 1 amide bonds. The minimum Gasteiger partial charge on any atom is -0.370 e. The van der Waals surface area contributed by atoms with E-state index in [1.54, 1.807) is 4.90 Å². The van der Waals surface area contributed by atoms with Gasteiger partial charge >= 0.3 is 0 Å².